The number of nitrogen functional groups attached to an aromatic ring is 1. The van der Waals surface area contributed by atoms with Gasteiger partial charge in [0.1, 0.15) is 0 Å². The average molecular weight is 303 g/mol. The Labute approximate surface area is 125 Å². The molecule has 0 radical (unpaired) electrons. The number of nitrogens with two attached hydrogens (primary N) is 1. The Balaban J connectivity index is 2.00. The monoisotopic (exact) mass is 303 g/mol. The second-order valence-corrected chi connectivity index (χ2v) is 5.84. The van der Waals surface area contributed by atoms with Crippen molar-refractivity contribution >= 4 is 39.5 Å². The minimum absolute atomic E-state index is 0.0180. The van der Waals surface area contributed by atoms with Crippen LogP contribution in [0, 0.1) is 6.92 Å². The standard InChI is InChI=1S/C13H13N5S2/c1-7-11(20-12(14)16-7)10-6-9(17-13(19)18-10)8-2-4-15-5-3-8/h2-6,9H,1H3,(H2,14,16)(H2,17,18,19). The van der Waals surface area contributed by atoms with E-state index >= 15 is 0 Å². The highest BCUT2D eigenvalue weighted by Gasteiger charge is 2.21. The first-order chi connectivity index (χ1) is 9.63. The molecule has 3 rings (SSSR count). The quantitative estimate of drug-likeness (QED) is 0.737. The van der Waals surface area contributed by atoms with Crippen molar-refractivity contribution in [1.29, 1.82) is 0 Å². The van der Waals surface area contributed by atoms with E-state index in [4.69, 9.17) is 18.0 Å². The van der Waals surface area contributed by atoms with Crippen LogP contribution >= 0.6 is 23.6 Å². The molecule has 0 aliphatic carbocycles. The summed E-state index contributed by atoms with van der Waals surface area (Å²) in [5.74, 6) is 0. The van der Waals surface area contributed by atoms with Crippen LogP contribution in [0.25, 0.3) is 5.70 Å². The van der Waals surface area contributed by atoms with Gasteiger partial charge in [0.05, 0.1) is 22.3 Å². The molecule has 7 heteroatoms. The van der Waals surface area contributed by atoms with Crippen molar-refractivity contribution < 1.29 is 0 Å². The van der Waals surface area contributed by atoms with Crippen LogP contribution in [0.4, 0.5) is 5.13 Å². The van der Waals surface area contributed by atoms with Crippen molar-refractivity contribution in [3.8, 4) is 0 Å². The molecule has 2 aromatic rings. The van der Waals surface area contributed by atoms with Crippen molar-refractivity contribution in [3.63, 3.8) is 0 Å². The van der Waals surface area contributed by atoms with Crippen molar-refractivity contribution in [2.24, 2.45) is 0 Å². The highest BCUT2D eigenvalue weighted by Crippen LogP contribution is 2.29. The van der Waals surface area contributed by atoms with Crippen LogP contribution in [-0.4, -0.2) is 15.1 Å². The predicted octanol–water partition coefficient (Wildman–Crippen LogP) is 1.99. The number of pyridine rings is 1. The maximum Gasteiger partial charge on any atom is 0.180 e. The van der Waals surface area contributed by atoms with Gasteiger partial charge in [-0.1, -0.05) is 11.3 Å². The second-order valence-electron chi connectivity index (χ2n) is 4.40. The fraction of sp³-hybridized carbons (Fsp3) is 0.154. The first-order valence-corrected chi connectivity index (χ1v) is 7.28. The number of nitrogens with one attached hydrogen (secondary N) is 2. The maximum atomic E-state index is 5.76. The smallest absolute Gasteiger partial charge is 0.180 e. The van der Waals surface area contributed by atoms with Crippen LogP contribution in [0.5, 0.6) is 0 Å². The summed E-state index contributed by atoms with van der Waals surface area (Å²) in [5, 5.41) is 7.55. The summed E-state index contributed by atoms with van der Waals surface area (Å²) in [6, 6.07) is 3.95. The van der Waals surface area contributed by atoms with Crippen molar-refractivity contribution in [3.05, 3.63) is 46.7 Å². The van der Waals surface area contributed by atoms with Crippen molar-refractivity contribution in [2.45, 2.75) is 13.0 Å². The van der Waals surface area contributed by atoms with Crippen LogP contribution in [0.3, 0.4) is 0 Å². The van der Waals surface area contributed by atoms with Gasteiger partial charge < -0.3 is 16.4 Å². The summed E-state index contributed by atoms with van der Waals surface area (Å²) in [6.07, 6.45) is 5.63. The van der Waals surface area contributed by atoms with E-state index in [9.17, 15) is 0 Å². The topological polar surface area (TPSA) is 75.9 Å². The molecule has 0 saturated carbocycles. The third-order valence-corrected chi connectivity index (χ3v) is 4.23. The Morgan fingerprint density at radius 3 is 2.75 bits per heavy atom. The molecule has 102 valence electrons. The predicted molar refractivity (Wildman–Crippen MR) is 85.1 cm³/mol. The van der Waals surface area contributed by atoms with Gasteiger partial charge in [-0.25, -0.2) is 4.98 Å². The zero-order valence-corrected chi connectivity index (χ0v) is 12.4. The maximum absolute atomic E-state index is 5.76. The Bertz CT molecular complexity index is 677. The van der Waals surface area contributed by atoms with Gasteiger partial charge in [-0.2, -0.15) is 0 Å². The number of thiocarbonyl (C=S) groups is 1. The van der Waals surface area contributed by atoms with Crippen LogP contribution in [0.1, 0.15) is 22.2 Å². The number of thiazole rings is 1. The summed E-state index contributed by atoms with van der Waals surface area (Å²) in [5.41, 5.74) is 8.72. The average Bonchev–Trinajstić information content (AvgIpc) is 2.78. The van der Waals surface area contributed by atoms with Gasteiger partial charge >= 0.3 is 0 Å². The largest absolute Gasteiger partial charge is 0.375 e. The molecule has 5 nitrogen and oxygen atoms in total. The van der Waals surface area contributed by atoms with Gasteiger partial charge in [0, 0.05) is 12.4 Å². The van der Waals surface area contributed by atoms with E-state index in [-0.39, 0.29) is 6.04 Å². The van der Waals surface area contributed by atoms with E-state index in [2.05, 4.69) is 26.7 Å². The first-order valence-electron chi connectivity index (χ1n) is 6.06. The lowest BCUT2D eigenvalue weighted by Crippen LogP contribution is -2.40. The van der Waals surface area contributed by atoms with Gasteiger partial charge in [-0.3, -0.25) is 4.98 Å². The summed E-state index contributed by atoms with van der Waals surface area (Å²) in [4.78, 5) is 9.30. The van der Waals surface area contributed by atoms with E-state index in [1.807, 2.05) is 19.1 Å². The molecular weight excluding hydrogens is 290 g/mol. The molecule has 1 unspecified atom stereocenters. The Morgan fingerprint density at radius 2 is 2.10 bits per heavy atom. The van der Waals surface area contributed by atoms with E-state index < -0.39 is 0 Å². The molecule has 1 aliphatic rings. The van der Waals surface area contributed by atoms with Crippen LogP contribution in [-0.2, 0) is 0 Å². The van der Waals surface area contributed by atoms with Gasteiger partial charge in [0.2, 0.25) is 0 Å². The number of aryl methyl sites for hydroxylation is 1. The number of rotatable bonds is 2. The van der Waals surface area contributed by atoms with E-state index in [0.29, 0.717) is 10.2 Å². The molecule has 2 aromatic heterocycles. The van der Waals surface area contributed by atoms with Crippen LogP contribution in [0.15, 0.2) is 30.6 Å². The molecule has 0 aromatic carbocycles. The van der Waals surface area contributed by atoms with Crippen LogP contribution in [0.2, 0.25) is 0 Å². The normalized spacial score (nSPS) is 18.1. The highest BCUT2D eigenvalue weighted by molar-refractivity contribution is 7.80. The zero-order valence-electron chi connectivity index (χ0n) is 10.8. The van der Waals surface area contributed by atoms with E-state index in [1.54, 1.807) is 12.4 Å². The lowest BCUT2D eigenvalue weighted by Gasteiger charge is -2.25. The van der Waals surface area contributed by atoms with Crippen LogP contribution < -0.4 is 16.4 Å². The Hall–Kier alpha value is -1.99. The molecule has 1 aliphatic heterocycles. The summed E-state index contributed by atoms with van der Waals surface area (Å²) < 4.78 is 0. The number of hydrogen-bond acceptors (Lipinski definition) is 5. The fourth-order valence-electron chi connectivity index (χ4n) is 2.10. The number of hydrogen-bond donors (Lipinski definition) is 3. The molecule has 0 bridgehead atoms. The molecule has 1 atom stereocenters. The molecule has 20 heavy (non-hydrogen) atoms. The lowest BCUT2D eigenvalue weighted by molar-refractivity contribution is 0.764. The van der Waals surface area contributed by atoms with E-state index in [0.717, 1.165) is 21.8 Å². The molecule has 0 fully saturated rings. The van der Waals surface area contributed by atoms with E-state index in [1.165, 1.54) is 11.3 Å². The fourth-order valence-corrected chi connectivity index (χ4v) is 3.15. The summed E-state index contributed by atoms with van der Waals surface area (Å²) in [7, 11) is 0. The molecule has 0 amide bonds. The molecule has 0 spiro atoms. The van der Waals surface area contributed by atoms with Gasteiger partial charge in [-0.05, 0) is 42.9 Å². The molecule has 0 saturated heterocycles. The number of anilines is 1. The minimum atomic E-state index is 0.0180. The Morgan fingerprint density at radius 1 is 1.35 bits per heavy atom. The molecular formula is C13H13N5S2. The molecule has 3 heterocycles. The highest BCUT2D eigenvalue weighted by atomic mass is 32.1. The number of nitrogens with zero attached hydrogens (tertiary/aromatic N) is 2. The SMILES string of the molecule is Cc1nc(N)sc1C1=CC(c2ccncc2)NC(=S)N1. The van der Waals surface area contributed by atoms with Gasteiger partial charge in [-0.15, -0.1) is 0 Å². The molecule has 4 N–H and O–H groups in total. The van der Waals surface area contributed by atoms with Gasteiger partial charge in [0.15, 0.2) is 10.2 Å². The third kappa shape index (κ3) is 2.50. The minimum Gasteiger partial charge on any atom is -0.375 e. The first kappa shape index (κ1) is 13.0. The third-order valence-electron chi connectivity index (χ3n) is 2.99. The summed E-state index contributed by atoms with van der Waals surface area (Å²) >= 11 is 6.74. The Kier molecular flexibility index (Phi) is 3.37. The zero-order chi connectivity index (χ0) is 14.1. The van der Waals surface area contributed by atoms with Crippen molar-refractivity contribution in [1.82, 2.24) is 20.6 Å². The van der Waals surface area contributed by atoms with Crippen molar-refractivity contribution in [2.75, 3.05) is 5.73 Å². The van der Waals surface area contributed by atoms with Gasteiger partial charge in [0.25, 0.3) is 0 Å². The lowest BCUT2D eigenvalue weighted by atomic mass is 10.1. The number of aromatic nitrogens is 2. The second kappa shape index (κ2) is 5.18. The summed E-state index contributed by atoms with van der Waals surface area (Å²) in [6.45, 7) is 1.94.